The minimum absolute atomic E-state index is 0.0142. The van der Waals surface area contributed by atoms with Gasteiger partial charge in [0.2, 0.25) is 0 Å². The Labute approximate surface area is 100 Å². The van der Waals surface area contributed by atoms with Gasteiger partial charge in [0.15, 0.2) is 0 Å². The van der Waals surface area contributed by atoms with Gasteiger partial charge in [-0.05, 0) is 19.1 Å². The van der Waals surface area contributed by atoms with Crippen molar-refractivity contribution in [3.63, 3.8) is 0 Å². The molecular weight excluding hydrogens is 222 g/mol. The Balaban J connectivity index is 2.26. The largest absolute Gasteiger partial charge is 0.496 e. The van der Waals surface area contributed by atoms with E-state index in [0.29, 0.717) is 5.25 Å². The Morgan fingerprint density at radius 2 is 2.25 bits per heavy atom. The van der Waals surface area contributed by atoms with Crippen LogP contribution in [0.25, 0.3) is 0 Å². The van der Waals surface area contributed by atoms with Gasteiger partial charge in [-0.15, -0.1) is 11.8 Å². The number of benzene rings is 1. The zero-order valence-electron chi connectivity index (χ0n) is 9.60. The Bertz CT molecular complexity index is 364. The maximum Gasteiger partial charge on any atom is 0.124 e. The second-order valence-electron chi connectivity index (χ2n) is 3.94. The van der Waals surface area contributed by atoms with Crippen molar-refractivity contribution in [1.29, 1.82) is 0 Å². The van der Waals surface area contributed by atoms with Gasteiger partial charge in [-0.25, -0.2) is 0 Å². The molecule has 0 aliphatic carbocycles. The maximum atomic E-state index is 6.00. The summed E-state index contributed by atoms with van der Waals surface area (Å²) >= 11 is 1.83. The number of ether oxygens (including phenoxy) is 2. The van der Waals surface area contributed by atoms with Crippen LogP contribution >= 0.6 is 11.8 Å². The minimum atomic E-state index is -0.0142. The van der Waals surface area contributed by atoms with E-state index < -0.39 is 0 Å². The van der Waals surface area contributed by atoms with Crippen molar-refractivity contribution < 1.29 is 9.47 Å². The van der Waals surface area contributed by atoms with E-state index in [9.17, 15) is 0 Å². The molecule has 1 fully saturated rings. The van der Waals surface area contributed by atoms with Gasteiger partial charge < -0.3 is 15.2 Å². The van der Waals surface area contributed by atoms with Gasteiger partial charge in [0.05, 0.1) is 25.6 Å². The highest BCUT2D eigenvalue weighted by Crippen LogP contribution is 2.37. The molecule has 1 saturated heterocycles. The van der Waals surface area contributed by atoms with Crippen LogP contribution in [0, 0.1) is 0 Å². The molecule has 1 aromatic rings. The van der Waals surface area contributed by atoms with Gasteiger partial charge in [0.25, 0.3) is 0 Å². The summed E-state index contributed by atoms with van der Waals surface area (Å²) in [6.45, 7) is 3.65. The average molecular weight is 239 g/mol. The van der Waals surface area contributed by atoms with Crippen molar-refractivity contribution in [2.75, 3.05) is 20.3 Å². The predicted octanol–water partition coefficient (Wildman–Crippen LogP) is 2.21. The Morgan fingerprint density at radius 1 is 1.50 bits per heavy atom. The topological polar surface area (TPSA) is 44.5 Å². The molecule has 0 radical (unpaired) electrons. The van der Waals surface area contributed by atoms with Crippen molar-refractivity contribution in [3.8, 4) is 5.75 Å². The summed E-state index contributed by atoms with van der Waals surface area (Å²) in [7, 11) is 1.68. The quantitative estimate of drug-likeness (QED) is 0.875. The minimum Gasteiger partial charge on any atom is -0.496 e. The Hall–Kier alpha value is -0.710. The summed E-state index contributed by atoms with van der Waals surface area (Å²) in [4.78, 5) is 1.21. The third kappa shape index (κ3) is 2.34. The molecule has 3 nitrogen and oxygen atoms in total. The molecule has 0 amide bonds. The fraction of sp³-hybridized carbons (Fsp3) is 0.500. The van der Waals surface area contributed by atoms with E-state index in [1.807, 2.05) is 30.8 Å². The molecule has 0 saturated carbocycles. The third-order valence-corrected chi connectivity index (χ3v) is 3.82. The van der Waals surface area contributed by atoms with Crippen LogP contribution in [0.1, 0.15) is 18.5 Å². The fourth-order valence-electron chi connectivity index (χ4n) is 1.72. The normalized spacial score (nSPS) is 17.9. The molecule has 0 bridgehead atoms. The van der Waals surface area contributed by atoms with E-state index in [1.54, 1.807) is 7.11 Å². The average Bonchev–Trinajstić information content (AvgIpc) is 2.22. The lowest BCUT2D eigenvalue weighted by molar-refractivity contribution is 0.0455. The van der Waals surface area contributed by atoms with Crippen LogP contribution in [0.2, 0.25) is 0 Å². The highest BCUT2D eigenvalue weighted by molar-refractivity contribution is 8.00. The first-order valence-electron chi connectivity index (χ1n) is 5.39. The van der Waals surface area contributed by atoms with E-state index >= 15 is 0 Å². The van der Waals surface area contributed by atoms with E-state index in [0.717, 1.165) is 24.5 Å². The van der Waals surface area contributed by atoms with Crippen LogP contribution in [0.15, 0.2) is 23.1 Å². The number of nitrogens with two attached hydrogens (primary N) is 1. The molecule has 0 aromatic heterocycles. The van der Waals surface area contributed by atoms with Crippen LogP contribution in [-0.2, 0) is 4.74 Å². The number of hydrogen-bond acceptors (Lipinski definition) is 4. The van der Waals surface area contributed by atoms with Crippen LogP contribution in [0.5, 0.6) is 5.75 Å². The van der Waals surface area contributed by atoms with Crippen molar-refractivity contribution in [2.24, 2.45) is 5.73 Å². The SMILES string of the molecule is COc1cccc(SC2COC2)c1[C@@H](C)N. The molecule has 0 unspecified atom stereocenters. The van der Waals surface area contributed by atoms with Gasteiger partial charge in [-0.3, -0.25) is 0 Å². The highest BCUT2D eigenvalue weighted by Gasteiger charge is 2.22. The molecule has 1 aliphatic heterocycles. The summed E-state index contributed by atoms with van der Waals surface area (Å²) < 4.78 is 10.5. The van der Waals surface area contributed by atoms with Crippen LogP contribution < -0.4 is 10.5 Å². The predicted molar refractivity (Wildman–Crippen MR) is 66.1 cm³/mol. The zero-order chi connectivity index (χ0) is 11.5. The lowest BCUT2D eigenvalue weighted by Gasteiger charge is -2.27. The van der Waals surface area contributed by atoms with E-state index in [2.05, 4.69) is 6.07 Å². The second-order valence-corrected chi connectivity index (χ2v) is 5.28. The summed E-state index contributed by atoms with van der Waals surface area (Å²) in [6, 6.07) is 6.05. The number of rotatable bonds is 4. The van der Waals surface area contributed by atoms with Gasteiger partial charge in [0, 0.05) is 16.5 Å². The standard InChI is InChI=1S/C12H17NO2S/c1-8(13)12-10(14-2)4-3-5-11(12)16-9-6-15-7-9/h3-5,8-9H,6-7,13H2,1-2H3/t8-/m1/s1. The van der Waals surface area contributed by atoms with Gasteiger partial charge in [-0.1, -0.05) is 6.07 Å². The van der Waals surface area contributed by atoms with Crippen molar-refractivity contribution >= 4 is 11.8 Å². The molecule has 16 heavy (non-hydrogen) atoms. The Kier molecular flexibility index (Phi) is 3.74. The summed E-state index contributed by atoms with van der Waals surface area (Å²) in [5, 5.41) is 0.560. The molecule has 1 atom stereocenters. The van der Waals surface area contributed by atoms with Crippen LogP contribution in [0.4, 0.5) is 0 Å². The van der Waals surface area contributed by atoms with E-state index in [4.69, 9.17) is 15.2 Å². The zero-order valence-corrected chi connectivity index (χ0v) is 10.4. The van der Waals surface area contributed by atoms with E-state index in [1.165, 1.54) is 4.90 Å². The van der Waals surface area contributed by atoms with Crippen LogP contribution in [0.3, 0.4) is 0 Å². The second kappa shape index (κ2) is 5.08. The molecule has 1 aromatic carbocycles. The number of hydrogen-bond donors (Lipinski definition) is 1. The first-order chi connectivity index (χ1) is 7.72. The van der Waals surface area contributed by atoms with Gasteiger partial charge >= 0.3 is 0 Å². The first kappa shape index (κ1) is 11.8. The van der Waals surface area contributed by atoms with E-state index in [-0.39, 0.29) is 6.04 Å². The lowest BCUT2D eigenvalue weighted by Crippen LogP contribution is -2.30. The third-order valence-electron chi connectivity index (χ3n) is 2.60. The lowest BCUT2D eigenvalue weighted by atomic mass is 10.1. The summed E-state index contributed by atoms with van der Waals surface area (Å²) in [5.41, 5.74) is 7.10. The van der Waals surface area contributed by atoms with Gasteiger partial charge in [-0.2, -0.15) is 0 Å². The monoisotopic (exact) mass is 239 g/mol. The van der Waals surface area contributed by atoms with Crippen molar-refractivity contribution in [2.45, 2.75) is 23.1 Å². The molecule has 1 aliphatic rings. The first-order valence-corrected chi connectivity index (χ1v) is 6.27. The molecular formula is C12H17NO2S. The molecule has 4 heteroatoms. The smallest absolute Gasteiger partial charge is 0.124 e. The maximum absolute atomic E-state index is 6.00. The van der Waals surface area contributed by atoms with Crippen molar-refractivity contribution in [1.82, 2.24) is 0 Å². The highest BCUT2D eigenvalue weighted by atomic mass is 32.2. The van der Waals surface area contributed by atoms with Gasteiger partial charge in [0.1, 0.15) is 5.75 Å². The fourth-order valence-corrected chi connectivity index (χ4v) is 2.97. The number of methoxy groups -OCH3 is 1. The van der Waals surface area contributed by atoms with Crippen LogP contribution in [-0.4, -0.2) is 25.6 Å². The number of thioether (sulfide) groups is 1. The molecule has 88 valence electrons. The summed E-state index contributed by atoms with van der Waals surface area (Å²) in [6.07, 6.45) is 0. The summed E-state index contributed by atoms with van der Waals surface area (Å²) in [5.74, 6) is 0.875. The molecule has 2 N–H and O–H groups in total. The molecule has 0 spiro atoms. The molecule has 2 rings (SSSR count). The Morgan fingerprint density at radius 3 is 2.75 bits per heavy atom. The molecule has 1 heterocycles. The van der Waals surface area contributed by atoms with Crippen molar-refractivity contribution in [3.05, 3.63) is 23.8 Å².